The molecular weight excluding hydrogens is 355 g/mol. The molecule has 2 nitrogen and oxygen atoms in total. The van der Waals surface area contributed by atoms with E-state index in [0.29, 0.717) is 18.1 Å². The molecule has 0 atom stereocenters. The van der Waals surface area contributed by atoms with E-state index in [-0.39, 0.29) is 5.82 Å². The molecule has 21 heavy (non-hydrogen) atoms. The predicted octanol–water partition coefficient (Wildman–Crippen LogP) is 4.70. The molecule has 0 aliphatic carbocycles. The van der Waals surface area contributed by atoms with Crippen molar-refractivity contribution in [2.45, 2.75) is 13.1 Å². The lowest BCUT2D eigenvalue weighted by atomic mass is 10.2. The molecule has 2 N–H and O–H groups in total. The van der Waals surface area contributed by atoms with Gasteiger partial charge in [-0.25, -0.2) is 4.39 Å². The standard InChI is InChI=1S/C16H13BrClFN2/c17-12-3-10(4-14(19)5-12)8-21-9-11(7-20)15-2-1-13(18)6-16(15)21/h1-6,9H,7-8,20H2. The van der Waals surface area contributed by atoms with Crippen molar-refractivity contribution in [1.29, 1.82) is 0 Å². The van der Waals surface area contributed by atoms with Gasteiger partial charge in [0.2, 0.25) is 0 Å². The number of aromatic nitrogens is 1. The smallest absolute Gasteiger partial charge is 0.124 e. The van der Waals surface area contributed by atoms with Crippen LogP contribution in [0, 0.1) is 5.82 Å². The molecule has 1 aromatic heterocycles. The second kappa shape index (κ2) is 5.79. The summed E-state index contributed by atoms with van der Waals surface area (Å²) < 4.78 is 16.3. The largest absolute Gasteiger partial charge is 0.343 e. The van der Waals surface area contributed by atoms with Crippen LogP contribution in [-0.2, 0) is 13.1 Å². The van der Waals surface area contributed by atoms with E-state index >= 15 is 0 Å². The summed E-state index contributed by atoms with van der Waals surface area (Å²) in [5, 5.41) is 1.75. The van der Waals surface area contributed by atoms with Gasteiger partial charge in [0, 0.05) is 34.2 Å². The average Bonchev–Trinajstić information content (AvgIpc) is 2.75. The van der Waals surface area contributed by atoms with Crippen LogP contribution in [0.5, 0.6) is 0 Å². The van der Waals surface area contributed by atoms with E-state index in [1.165, 1.54) is 12.1 Å². The van der Waals surface area contributed by atoms with Crippen LogP contribution in [0.2, 0.25) is 5.02 Å². The topological polar surface area (TPSA) is 30.9 Å². The summed E-state index contributed by atoms with van der Waals surface area (Å²) in [6.07, 6.45) is 2.00. The molecule has 1 heterocycles. The molecule has 0 spiro atoms. The minimum absolute atomic E-state index is 0.257. The molecule has 0 unspecified atom stereocenters. The van der Waals surface area contributed by atoms with Crippen LogP contribution in [-0.4, -0.2) is 4.57 Å². The van der Waals surface area contributed by atoms with Gasteiger partial charge in [0.15, 0.2) is 0 Å². The number of benzene rings is 2. The maximum Gasteiger partial charge on any atom is 0.124 e. The van der Waals surface area contributed by atoms with Crippen molar-refractivity contribution in [3.8, 4) is 0 Å². The highest BCUT2D eigenvalue weighted by Gasteiger charge is 2.09. The van der Waals surface area contributed by atoms with E-state index in [1.54, 1.807) is 0 Å². The average molecular weight is 368 g/mol. The van der Waals surface area contributed by atoms with Gasteiger partial charge in [-0.2, -0.15) is 0 Å². The van der Waals surface area contributed by atoms with Crippen molar-refractivity contribution in [3.05, 3.63) is 69.0 Å². The monoisotopic (exact) mass is 366 g/mol. The fourth-order valence-corrected chi connectivity index (χ4v) is 3.21. The van der Waals surface area contributed by atoms with Crippen LogP contribution in [0.1, 0.15) is 11.1 Å². The number of fused-ring (bicyclic) bond motifs is 1. The first-order valence-corrected chi connectivity index (χ1v) is 7.66. The van der Waals surface area contributed by atoms with Crippen molar-refractivity contribution in [3.63, 3.8) is 0 Å². The fraction of sp³-hybridized carbons (Fsp3) is 0.125. The van der Waals surface area contributed by atoms with Gasteiger partial charge >= 0.3 is 0 Å². The Hall–Kier alpha value is -1.36. The van der Waals surface area contributed by atoms with Gasteiger partial charge in [0.1, 0.15) is 5.82 Å². The van der Waals surface area contributed by atoms with Gasteiger partial charge in [-0.3, -0.25) is 0 Å². The molecule has 0 aliphatic heterocycles. The molecule has 108 valence electrons. The number of hydrogen-bond acceptors (Lipinski definition) is 1. The van der Waals surface area contributed by atoms with Crippen LogP contribution < -0.4 is 5.73 Å². The quantitative estimate of drug-likeness (QED) is 0.714. The number of nitrogens with zero attached hydrogens (tertiary/aromatic N) is 1. The normalized spacial score (nSPS) is 11.2. The van der Waals surface area contributed by atoms with Crippen molar-refractivity contribution >= 4 is 38.4 Å². The second-order valence-corrected chi connectivity index (χ2v) is 6.28. The number of rotatable bonds is 3. The van der Waals surface area contributed by atoms with Gasteiger partial charge in [-0.05, 0) is 41.5 Å². The van der Waals surface area contributed by atoms with E-state index in [2.05, 4.69) is 15.9 Å². The summed E-state index contributed by atoms with van der Waals surface area (Å²) in [7, 11) is 0. The predicted molar refractivity (Wildman–Crippen MR) is 88.0 cm³/mol. The summed E-state index contributed by atoms with van der Waals surface area (Å²) in [6.45, 7) is 1.02. The van der Waals surface area contributed by atoms with Gasteiger partial charge < -0.3 is 10.3 Å². The van der Waals surface area contributed by atoms with Crippen LogP contribution >= 0.6 is 27.5 Å². The third kappa shape index (κ3) is 2.98. The summed E-state index contributed by atoms with van der Waals surface area (Å²) in [4.78, 5) is 0. The summed E-state index contributed by atoms with van der Waals surface area (Å²) >= 11 is 9.40. The van der Waals surface area contributed by atoms with E-state index in [0.717, 1.165) is 26.5 Å². The zero-order valence-corrected chi connectivity index (χ0v) is 13.5. The summed E-state index contributed by atoms with van der Waals surface area (Å²) in [6, 6.07) is 10.6. The minimum Gasteiger partial charge on any atom is -0.343 e. The Balaban J connectivity index is 2.09. The zero-order chi connectivity index (χ0) is 15.0. The highest BCUT2D eigenvalue weighted by molar-refractivity contribution is 9.10. The first kappa shape index (κ1) is 14.6. The van der Waals surface area contributed by atoms with Crippen molar-refractivity contribution in [2.75, 3.05) is 0 Å². The van der Waals surface area contributed by atoms with Crippen LogP contribution in [0.25, 0.3) is 10.9 Å². The van der Waals surface area contributed by atoms with Crippen LogP contribution in [0.4, 0.5) is 4.39 Å². The zero-order valence-electron chi connectivity index (χ0n) is 11.1. The Morgan fingerprint density at radius 2 is 2.00 bits per heavy atom. The molecule has 3 rings (SSSR count). The van der Waals surface area contributed by atoms with E-state index < -0.39 is 0 Å². The maximum atomic E-state index is 13.5. The Bertz CT molecular complexity index is 793. The number of nitrogens with two attached hydrogens (primary N) is 1. The lowest BCUT2D eigenvalue weighted by molar-refractivity contribution is 0.623. The third-order valence-electron chi connectivity index (χ3n) is 3.42. The van der Waals surface area contributed by atoms with Crippen LogP contribution in [0.3, 0.4) is 0 Å². The molecule has 0 saturated heterocycles. The molecule has 0 saturated carbocycles. The number of hydrogen-bond donors (Lipinski definition) is 1. The Labute approximate surface area is 135 Å². The van der Waals surface area contributed by atoms with Gasteiger partial charge in [-0.15, -0.1) is 0 Å². The Morgan fingerprint density at radius 1 is 1.19 bits per heavy atom. The molecule has 0 aliphatic rings. The van der Waals surface area contributed by atoms with Gasteiger partial charge in [0.25, 0.3) is 0 Å². The van der Waals surface area contributed by atoms with Crippen molar-refractivity contribution in [2.24, 2.45) is 5.73 Å². The molecule has 0 fully saturated rings. The van der Waals surface area contributed by atoms with Gasteiger partial charge in [-0.1, -0.05) is 33.6 Å². The molecule has 0 bridgehead atoms. The highest BCUT2D eigenvalue weighted by Crippen LogP contribution is 2.26. The summed E-state index contributed by atoms with van der Waals surface area (Å²) in [5.74, 6) is -0.257. The Morgan fingerprint density at radius 3 is 2.71 bits per heavy atom. The second-order valence-electron chi connectivity index (χ2n) is 4.93. The molecule has 3 aromatic rings. The first-order chi connectivity index (χ1) is 10.1. The summed E-state index contributed by atoms with van der Waals surface area (Å²) in [5.41, 5.74) is 8.73. The van der Waals surface area contributed by atoms with Crippen molar-refractivity contribution in [1.82, 2.24) is 4.57 Å². The maximum absolute atomic E-state index is 13.5. The molecule has 0 radical (unpaired) electrons. The van der Waals surface area contributed by atoms with E-state index in [4.69, 9.17) is 17.3 Å². The lowest BCUT2D eigenvalue weighted by Gasteiger charge is -2.07. The highest BCUT2D eigenvalue weighted by atomic mass is 79.9. The SMILES string of the molecule is NCc1cn(Cc2cc(F)cc(Br)c2)c2cc(Cl)ccc12. The lowest BCUT2D eigenvalue weighted by Crippen LogP contribution is -1.99. The van der Waals surface area contributed by atoms with Crippen molar-refractivity contribution < 1.29 is 4.39 Å². The molecular formula is C16H13BrClFN2. The fourth-order valence-electron chi connectivity index (χ4n) is 2.53. The van der Waals surface area contributed by atoms with E-state index in [9.17, 15) is 4.39 Å². The number of halogens is 3. The minimum atomic E-state index is -0.257. The van der Waals surface area contributed by atoms with Crippen LogP contribution in [0.15, 0.2) is 47.1 Å². The third-order valence-corrected chi connectivity index (χ3v) is 4.11. The molecule has 2 aromatic carbocycles. The van der Waals surface area contributed by atoms with E-state index in [1.807, 2.05) is 35.0 Å². The van der Waals surface area contributed by atoms with Gasteiger partial charge in [0.05, 0.1) is 5.52 Å². The first-order valence-electron chi connectivity index (χ1n) is 6.49. The molecule has 0 amide bonds. The molecule has 5 heteroatoms. The Kier molecular flexibility index (Phi) is 4.02.